The van der Waals surface area contributed by atoms with Crippen molar-refractivity contribution in [3.8, 4) is 11.4 Å². The second-order valence-electron chi connectivity index (χ2n) is 5.14. The molecule has 0 spiro atoms. The van der Waals surface area contributed by atoms with E-state index >= 15 is 0 Å². The van der Waals surface area contributed by atoms with E-state index in [1.165, 1.54) is 6.92 Å². The van der Waals surface area contributed by atoms with E-state index in [4.69, 9.17) is 5.11 Å². The van der Waals surface area contributed by atoms with E-state index < -0.39 is 29.6 Å². The van der Waals surface area contributed by atoms with Crippen LogP contribution in [0.2, 0.25) is 0 Å². The van der Waals surface area contributed by atoms with Gasteiger partial charge in [0, 0.05) is 11.3 Å². The zero-order chi connectivity index (χ0) is 16.8. The van der Waals surface area contributed by atoms with Crippen molar-refractivity contribution in [2.45, 2.75) is 19.0 Å². The summed E-state index contributed by atoms with van der Waals surface area (Å²) in [5, 5.41) is 25.5. The first kappa shape index (κ1) is 14.7. The van der Waals surface area contributed by atoms with Gasteiger partial charge in [-0.25, -0.2) is 9.48 Å². The van der Waals surface area contributed by atoms with E-state index in [-0.39, 0.29) is 11.5 Å². The smallest absolute Gasteiger partial charge is 0.353 e. The molecule has 3 N–H and O–H groups in total. The van der Waals surface area contributed by atoms with E-state index in [2.05, 4.69) is 15.4 Å². The average Bonchev–Trinajstić information content (AvgIpc) is 2.48. The summed E-state index contributed by atoms with van der Waals surface area (Å²) in [5.41, 5.74) is -1.84. The fourth-order valence-electron chi connectivity index (χ4n) is 2.53. The molecule has 0 bridgehead atoms. The van der Waals surface area contributed by atoms with Crippen LogP contribution in [0.1, 0.15) is 12.1 Å². The van der Waals surface area contributed by atoms with Gasteiger partial charge < -0.3 is 15.5 Å². The lowest BCUT2D eigenvalue weighted by atomic mass is 9.99. The third-order valence-corrected chi connectivity index (χ3v) is 3.60. The van der Waals surface area contributed by atoms with Crippen molar-refractivity contribution in [3.05, 3.63) is 40.3 Å². The van der Waals surface area contributed by atoms with Crippen molar-refractivity contribution < 1.29 is 19.8 Å². The molecule has 9 heteroatoms. The summed E-state index contributed by atoms with van der Waals surface area (Å²) >= 11 is 0. The molecule has 2 heterocycles. The minimum absolute atomic E-state index is 0.0126. The first-order valence-electron chi connectivity index (χ1n) is 6.66. The summed E-state index contributed by atoms with van der Waals surface area (Å²) in [6.07, 6.45) is -0.777. The Bertz CT molecular complexity index is 891. The van der Waals surface area contributed by atoms with Gasteiger partial charge in [-0.1, -0.05) is 12.1 Å². The Balaban J connectivity index is 2.39. The molecule has 1 aliphatic rings. The van der Waals surface area contributed by atoms with Crippen LogP contribution in [0.15, 0.2) is 29.1 Å². The van der Waals surface area contributed by atoms with E-state index in [9.17, 15) is 19.5 Å². The average molecular weight is 316 g/mol. The van der Waals surface area contributed by atoms with Crippen molar-refractivity contribution >= 4 is 17.6 Å². The highest BCUT2D eigenvalue weighted by molar-refractivity contribution is 5.90. The third-order valence-electron chi connectivity index (χ3n) is 3.60. The number of fused-ring (bicyclic) bond motifs is 3. The van der Waals surface area contributed by atoms with Crippen LogP contribution < -0.4 is 10.9 Å². The predicted molar refractivity (Wildman–Crippen MR) is 78.0 cm³/mol. The number of rotatable bonds is 3. The highest BCUT2D eigenvalue weighted by Gasteiger charge is 2.48. The zero-order valence-electron chi connectivity index (χ0n) is 12.0. The van der Waals surface area contributed by atoms with Crippen molar-refractivity contribution in [2.24, 2.45) is 0 Å². The lowest BCUT2D eigenvalue weighted by molar-refractivity contribution is -0.153. The lowest BCUT2D eigenvalue weighted by Crippen LogP contribution is -2.54. The molecule has 0 saturated carbocycles. The fraction of sp³-hybridized carbons (Fsp3) is 0.214. The second kappa shape index (κ2) is 4.90. The Morgan fingerprint density at radius 2 is 2.00 bits per heavy atom. The zero-order valence-corrected chi connectivity index (χ0v) is 12.0. The standard InChI is InChI=1S/C14H12N4O5/c1-7-12(21)15-11-8-4-2-3-5-9(8)16-14(13(22)23,6-10(19)20)18(11)17-7/h2-5,16H,6H2,1H3,(H,19,20)(H,22,23)/t14-/m0/s1. The van der Waals surface area contributed by atoms with E-state index in [0.717, 1.165) is 4.68 Å². The summed E-state index contributed by atoms with van der Waals surface area (Å²) in [5.74, 6) is -2.75. The van der Waals surface area contributed by atoms with Gasteiger partial charge in [-0.2, -0.15) is 10.1 Å². The van der Waals surface area contributed by atoms with Gasteiger partial charge in [0.05, 0.1) is 0 Å². The first-order valence-corrected chi connectivity index (χ1v) is 6.66. The molecule has 1 aliphatic heterocycles. The van der Waals surface area contributed by atoms with Crippen LogP contribution in [0, 0.1) is 6.92 Å². The molecular formula is C14H12N4O5. The van der Waals surface area contributed by atoms with Crippen LogP contribution in [-0.4, -0.2) is 36.9 Å². The quantitative estimate of drug-likeness (QED) is 0.733. The van der Waals surface area contributed by atoms with Gasteiger partial charge in [0.2, 0.25) is 5.66 Å². The number of hydrogen-bond donors (Lipinski definition) is 3. The number of benzene rings is 1. The number of nitrogens with zero attached hydrogens (tertiary/aromatic N) is 3. The van der Waals surface area contributed by atoms with Crippen molar-refractivity contribution in [1.82, 2.24) is 14.8 Å². The monoisotopic (exact) mass is 316 g/mol. The number of para-hydroxylation sites is 1. The number of aliphatic carboxylic acids is 2. The van der Waals surface area contributed by atoms with Crippen LogP contribution >= 0.6 is 0 Å². The van der Waals surface area contributed by atoms with Crippen molar-refractivity contribution in [2.75, 3.05) is 5.32 Å². The Morgan fingerprint density at radius 3 is 2.65 bits per heavy atom. The second-order valence-corrected chi connectivity index (χ2v) is 5.14. The van der Waals surface area contributed by atoms with Crippen molar-refractivity contribution in [3.63, 3.8) is 0 Å². The topological polar surface area (TPSA) is 134 Å². The third kappa shape index (κ3) is 2.13. The number of carboxylic acid groups (broad SMARTS) is 2. The first-order chi connectivity index (χ1) is 10.8. The Labute approximate surface area is 129 Å². The van der Waals surface area contributed by atoms with Crippen LogP contribution in [-0.2, 0) is 15.3 Å². The van der Waals surface area contributed by atoms with Gasteiger partial charge in [-0.3, -0.25) is 9.59 Å². The Kier molecular flexibility index (Phi) is 3.13. The molecule has 0 amide bonds. The molecule has 1 aromatic heterocycles. The molecule has 0 unspecified atom stereocenters. The van der Waals surface area contributed by atoms with Gasteiger partial charge in [0.1, 0.15) is 12.1 Å². The molecule has 0 radical (unpaired) electrons. The Morgan fingerprint density at radius 1 is 1.30 bits per heavy atom. The maximum atomic E-state index is 11.9. The van der Waals surface area contributed by atoms with Gasteiger partial charge in [-0.15, -0.1) is 0 Å². The molecule has 1 aromatic carbocycles. The number of aromatic nitrogens is 3. The van der Waals surface area contributed by atoms with Crippen LogP contribution in [0.3, 0.4) is 0 Å². The molecule has 23 heavy (non-hydrogen) atoms. The Hall–Kier alpha value is -3.23. The van der Waals surface area contributed by atoms with Crippen LogP contribution in [0.25, 0.3) is 11.4 Å². The molecule has 0 saturated heterocycles. The molecule has 118 valence electrons. The largest absolute Gasteiger partial charge is 0.481 e. The number of anilines is 1. The van der Waals surface area contributed by atoms with Crippen LogP contribution in [0.4, 0.5) is 5.69 Å². The number of aryl methyl sites for hydroxylation is 1. The van der Waals surface area contributed by atoms with Gasteiger partial charge in [-0.05, 0) is 19.1 Å². The SMILES string of the molecule is Cc1nn2c(nc1=O)-c1ccccc1N[C@]2(CC(=O)O)C(=O)O. The molecular weight excluding hydrogens is 304 g/mol. The predicted octanol–water partition coefficient (Wildman–Crippen LogP) is 0.251. The molecule has 0 aliphatic carbocycles. The lowest BCUT2D eigenvalue weighted by Gasteiger charge is -2.37. The highest BCUT2D eigenvalue weighted by Crippen LogP contribution is 2.38. The summed E-state index contributed by atoms with van der Waals surface area (Å²) in [7, 11) is 0. The number of carbonyl (C=O) groups is 2. The summed E-state index contributed by atoms with van der Waals surface area (Å²) < 4.78 is 0.961. The van der Waals surface area contributed by atoms with Gasteiger partial charge >= 0.3 is 11.9 Å². The highest BCUT2D eigenvalue weighted by atomic mass is 16.4. The molecule has 3 rings (SSSR count). The normalized spacial score (nSPS) is 18.5. The maximum Gasteiger partial charge on any atom is 0.353 e. The maximum absolute atomic E-state index is 11.9. The molecule has 2 aromatic rings. The summed E-state index contributed by atoms with van der Waals surface area (Å²) in [4.78, 5) is 38.8. The molecule has 9 nitrogen and oxygen atoms in total. The van der Waals surface area contributed by atoms with E-state index in [1.54, 1.807) is 24.3 Å². The van der Waals surface area contributed by atoms with E-state index in [0.29, 0.717) is 11.3 Å². The van der Waals surface area contributed by atoms with Gasteiger partial charge in [0.15, 0.2) is 5.82 Å². The van der Waals surface area contributed by atoms with Gasteiger partial charge in [0.25, 0.3) is 5.56 Å². The molecule has 1 atom stereocenters. The number of hydrogen-bond acceptors (Lipinski definition) is 6. The fourth-order valence-corrected chi connectivity index (χ4v) is 2.53. The number of nitrogens with one attached hydrogen (secondary N) is 1. The number of carboxylic acids is 2. The summed E-state index contributed by atoms with van der Waals surface area (Å²) in [6, 6.07) is 6.59. The van der Waals surface area contributed by atoms with Crippen LogP contribution in [0.5, 0.6) is 0 Å². The minimum Gasteiger partial charge on any atom is -0.481 e. The van der Waals surface area contributed by atoms with E-state index in [1.807, 2.05) is 0 Å². The summed E-state index contributed by atoms with van der Waals surface area (Å²) in [6.45, 7) is 1.39. The van der Waals surface area contributed by atoms with Crippen molar-refractivity contribution in [1.29, 1.82) is 0 Å². The molecule has 0 fully saturated rings. The minimum atomic E-state index is -2.07.